The quantitative estimate of drug-likeness (QED) is 0.599. The third kappa shape index (κ3) is 6.30. The second kappa shape index (κ2) is 9.18. The summed E-state index contributed by atoms with van der Waals surface area (Å²) in [7, 11) is 2.01. The second-order valence-corrected chi connectivity index (χ2v) is 6.26. The lowest BCUT2D eigenvalue weighted by Crippen LogP contribution is -2.42. The SMILES string of the molecule is CCNC(=O)C(C)(C)CN=C(NCC)N(C)Cc1ccccc1. The smallest absolute Gasteiger partial charge is 0.227 e. The average Bonchev–Trinajstić information content (AvgIpc) is 2.52. The van der Waals surface area contributed by atoms with Gasteiger partial charge in [0.15, 0.2) is 5.96 Å². The largest absolute Gasteiger partial charge is 0.357 e. The van der Waals surface area contributed by atoms with Crippen LogP contribution in [0.25, 0.3) is 0 Å². The number of hydrogen-bond donors (Lipinski definition) is 2. The lowest BCUT2D eigenvalue weighted by atomic mass is 9.92. The Bertz CT molecular complexity index is 511. The molecule has 1 amide bonds. The molecular formula is C18H30N4O. The Hall–Kier alpha value is -2.04. The molecule has 0 bridgehead atoms. The highest BCUT2D eigenvalue weighted by Crippen LogP contribution is 2.16. The Morgan fingerprint density at radius 2 is 1.74 bits per heavy atom. The first-order valence-corrected chi connectivity index (χ1v) is 8.22. The molecule has 0 saturated heterocycles. The van der Waals surface area contributed by atoms with E-state index in [4.69, 9.17) is 0 Å². The first kappa shape index (κ1) is 19.0. The molecule has 0 fully saturated rings. The molecule has 0 aromatic heterocycles. The number of nitrogens with zero attached hydrogens (tertiary/aromatic N) is 2. The van der Waals surface area contributed by atoms with E-state index in [0.717, 1.165) is 19.0 Å². The standard InChI is InChI=1S/C18H30N4O/c1-6-19-16(23)18(3,4)14-21-17(20-7-2)22(5)13-15-11-9-8-10-12-15/h8-12H,6-7,13-14H2,1-5H3,(H,19,23)(H,20,21). The third-order valence-electron chi connectivity index (χ3n) is 3.54. The summed E-state index contributed by atoms with van der Waals surface area (Å²) in [5.41, 5.74) is 0.702. The Balaban J connectivity index is 2.77. The van der Waals surface area contributed by atoms with E-state index in [9.17, 15) is 4.79 Å². The molecule has 0 spiro atoms. The van der Waals surface area contributed by atoms with Crippen LogP contribution in [-0.4, -0.2) is 43.4 Å². The molecule has 1 aromatic rings. The number of amides is 1. The lowest BCUT2D eigenvalue weighted by Gasteiger charge is -2.25. The third-order valence-corrected chi connectivity index (χ3v) is 3.54. The van der Waals surface area contributed by atoms with E-state index in [2.05, 4.69) is 32.7 Å². The molecule has 5 heteroatoms. The topological polar surface area (TPSA) is 56.7 Å². The molecule has 0 heterocycles. The Kier molecular flexibility index (Phi) is 7.59. The monoisotopic (exact) mass is 318 g/mol. The van der Waals surface area contributed by atoms with E-state index in [-0.39, 0.29) is 5.91 Å². The minimum atomic E-state index is -0.524. The normalized spacial score (nSPS) is 12.0. The van der Waals surface area contributed by atoms with Crippen molar-refractivity contribution < 1.29 is 4.79 Å². The number of guanidine groups is 1. The van der Waals surface area contributed by atoms with Crippen LogP contribution in [0, 0.1) is 5.41 Å². The molecule has 0 atom stereocenters. The van der Waals surface area contributed by atoms with E-state index in [1.807, 2.05) is 52.9 Å². The maximum Gasteiger partial charge on any atom is 0.227 e. The number of hydrogen-bond acceptors (Lipinski definition) is 2. The number of aliphatic imine (C=N–C) groups is 1. The van der Waals surface area contributed by atoms with Crippen LogP contribution < -0.4 is 10.6 Å². The van der Waals surface area contributed by atoms with Gasteiger partial charge in [-0.15, -0.1) is 0 Å². The highest BCUT2D eigenvalue weighted by Gasteiger charge is 2.27. The minimum Gasteiger partial charge on any atom is -0.357 e. The molecule has 0 aliphatic heterocycles. The van der Waals surface area contributed by atoms with Crippen molar-refractivity contribution in [3.63, 3.8) is 0 Å². The summed E-state index contributed by atoms with van der Waals surface area (Å²) in [6.45, 7) is 10.5. The summed E-state index contributed by atoms with van der Waals surface area (Å²) in [6, 6.07) is 10.3. The molecule has 0 aliphatic carbocycles. The highest BCUT2D eigenvalue weighted by atomic mass is 16.2. The van der Waals surface area contributed by atoms with E-state index in [1.165, 1.54) is 5.56 Å². The molecule has 128 valence electrons. The van der Waals surface area contributed by atoms with Gasteiger partial charge < -0.3 is 15.5 Å². The van der Waals surface area contributed by atoms with Crippen LogP contribution in [0.1, 0.15) is 33.3 Å². The van der Waals surface area contributed by atoms with Crippen molar-refractivity contribution in [2.45, 2.75) is 34.2 Å². The van der Waals surface area contributed by atoms with Gasteiger partial charge in [-0.25, -0.2) is 0 Å². The van der Waals surface area contributed by atoms with Crippen molar-refractivity contribution >= 4 is 11.9 Å². The summed E-state index contributed by atoms with van der Waals surface area (Å²) in [5, 5.41) is 6.16. The molecular weight excluding hydrogens is 288 g/mol. The van der Waals surface area contributed by atoms with Gasteiger partial charge in [0.25, 0.3) is 0 Å². The van der Waals surface area contributed by atoms with Crippen molar-refractivity contribution in [1.82, 2.24) is 15.5 Å². The van der Waals surface area contributed by atoms with Crippen LogP contribution in [-0.2, 0) is 11.3 Å². The van der Waals surface area contributed by atoms with E-state index in [1.54, 1.807) is 0 Å². The molecule has 23 heavy (non-hydrogen) atoms. The van der Waals surface area contributed by atoms with Gasteiger partial charge in [-0.3, -0.25) is 9.79 Å². The van der Waals surface area contributed by atoms with Gasteiger partial charge >= 0.3 is 0 Å². The fourth-order valence-corrected chi connectivity index (χ4v) is 2.15. The molecule has 0 saturated carbocycles. The van der Waals surface area contributed by atoms with Crippen molar-refractivity contribution in [2.75, 3.05) is 26.7 Å². The first-order valence-electron chi connectivity index (χ1n) is 8.22. The minimum absolute atomic E-state index is 0.0327. The van der Waals surface area contributed by atoms with E-state index in [0.29, 0.717) is 13.1 Å². The molecule has 1 rings (SSSR count). The summed E-state index contributed by atoms with van der Waals surface area (Å²) in [6.07, 6.45) is 0. The van der Waals surface area contributed by atoms with Crippen molar-refractivity contribution in [3.05, 3.63) is 35.9 Å². The zero-order valence-corrected chi connectivity index (χ0v) is 15.0. The van der Waals surface area contributed by atoms with Crippen LogP contribution in [0.2, 0.25) is 0 Å². The number of benzene rings is 1. The highest BCUT2D eigenvalue weighted by molar-refractivity contribution is 5.83. The second-order valence-electron chi connectivity index (χ2n) is 6.26. The van der Waals surface area contributed by atoms with Gasteiger partial charge in [0.1, 0.15) is 0 Å². The summed E-state index contributed by atoms with van der Waals surface area (Å²) in [4.78, 5) is 18.8. The van der Waals surface area contributed by atoms with Gasteiger partial charge in [-0.1, -0.05) is 30.3 Å². The number of carbonyl (C=O) groups is 1. The Morgan fingerprint density at radius 1 is 1.13 bits per heavy atom. The fraction of sp³-hybridized carbons (Fsp3) is 0.556. The number of carbonyl (C=O) groups excluding carboxylic acids is 1. The summed E-state index contributed by atoms with van der Waals surface area (Å²) < 4.78 is 0. The van der Waals surface area contributed by atoms with Gasteiger partial charge in [0.2, 0.25) is 5.91 Å². The van der Waals surface area contributed by atoms with Crippen LogP contribution in [0.15, 0.2) is 35.3 Å². The van der Waals surface area contributed by atoms with E-state index >= 15 is 0 Å². The van der Waals surface area contributed by atoms with Gasteiger partial charge in [0.05, 0.1) is 12.0 Å². The summed E-state index contributed by atoms with van der Waals surface area (Å²) >= 11 is 0. The van der Waals surface area contributed by atoms with Gasteiger partial charge in [-0.2, -0.15) is 0 Å². The molecule has 0 aliphatic rings. The Morgan fingerprint density at radius 3 is 2.30 bits per heavy atom. The average molecular weight is 318 g/mol. The number of nitrogens with one attached hydrogen (secondary N) is 2. The summed E-state index contributed by atoms with van der Waals surface area (Å²) in [5.74, 6) is 0.846. The van der Waals surface area contributed by atoms with Gasteiger partial charge in [0, 0.05) is 26.7 Å². The van der Waals surface area contributed by atoms with Crippen molar-refractivity contribution in [3.8, 4) is 0 Å². The predicted octanol–water partition coefficient (Wildman–Crippen LogP) is 2.25. The molecule has 0 radical (unpaired) electrons. The van der Waals surface area contributed by atoms with Crippen LogP contribution in [0.4, 0.5) is 0 Å². The zero-order chi connectivity index (χ0) is 17.3. The van der Waals surface area contributed by atoms with Crippen molar-refractivity contribution in [1.29, 1.82) is 0 Å². The van der Waals surface area contributed by atoms with Crippen LogP contribution in [0.3, 0.4) is 0 Å². The molecule has 0 unspecified atom stereocenters. The fourth-order valence-electron chi connectivity index (χ4n) is 2.15. The maximum absolute atomic E-state index is 12.1. The first-order chi connectivity index (χ1) is 10.9. The lowest BCUT2D eigenvalue weighted by molar-refractivity contribution is -0.128. The number of rotatable bonds is 7. The van der Waals surface area contributed by atoms with Crippen LogP contribution in [0.5, 0.6) is 0 Å². The van der Waals surface area contributed by atoms with Gasteiger partial charge in [-0.05, 0) is 33.3 Å². The Labute approximate surface area is 140 Å². The van der Waals surface area contributed by atoms with Crippen LogP contribution >= 0.6 is 0 Å². The van der Waals surface area contributed by atoms with Crippen molar-refractivity contribution in [2.24, 2.45) is 10.4 Å². The molecule has 5 nitrogen and oxygen atoms in total. The van der Waals surface area contributed by atoms with E-state index < -0.39 is 5.41 Å². The molecule has 2 N–H and O–H groups in total. The maximum atomic E-state index is 12.1. The molecule has 1 aromatic carbocycles. The predicted molar refractivity (Wildman–Crippen MR) is 96.4 cm³/mol. The zero-order valence-electron chi connectivity index (χ0n) is 15.0.